The maximum Gasteiger partial charge on any atom is 0.191 e. The van der Waals surface area contributed by atoms with Gasteiger partial charge in [-0.05, 0) is 6.92 Å². The van der Waals surface area contributed by atoms with E-state index in [0.717, 1.165) is 38.5 Å². The lowest BCUT2D eigenvalue weighted by Crippen LogP contribution is -2.07. The van der Waals surface area contributed by atoms with Crippen molar-refractivity contribution in [1.82, 2.24) is 19.7 Å². The van der Waals surface area contributed by atoms with Gasteiger partial charge in [-0.15, -0.1) is 21.5 Å². The van der Waals surface area contributed by atoms with E-state index in [0.29, 0.717) is 12.3 Å². The molecule has 30 heavy (non-hydrogen) atoms. The molecule has 0 radical (unpaired) electrons. The zero-order valence-electron chi connectivity index (χ0n) is 16.7. The highest BCUT2D eigenvalue weighted by Crippen LogP contribution is 2.25. The quantitative estimate of drug-likeness (QED) is 0.316. The second-order valence-electron chi connectivity index (χ2n) is 6.79. The van der Waals surface area contributed by atoms with Gasteiger partial charge in [0.2, 0.25) is 0 Å². The molecule has 0 aliphatic rings. The van der Waals surface area contributed by atoms with Crippen molar-refractivity contribution >= 4 is 34.0 Å². The van der Waals surface area contributed by atoms with Crippen molar-refractivity contribution in [2.45, 2.75) is 18.6 Å². The number of hydrogen-bond donors (Lipinski definition) is 1. The summed E-state index contributed by atoms with van der Waals surface area (Å²) in [5, 5.41) is 15.4. The van der Waals surface area contributed by atoms with Gasteiger partial charge in [-0.3, -0.25) is 4.79 Å². The highest BCUT2D eigenvalue weighted by molar-refractivity contribution is 7.99. The van der Waals surface area contributed by atoms with Crippen LogP contribution < -0.4 is 5.32 Å². The number of nitrogens with one attached hydrogen (secondary N) is 1. The lowest BCUT2D eigenvalue weighted by Gasteiger charge is -2.05. The first-order valence-electron chi connectivity index (χ1n) is 9.46. The Labute approximate surface area is 183 Å². The fourth-order valence-electron chi connectivity index (χ4n) is 2.83. The van der Waals surface area contributed by atoms with Crippen molar-refractivity contribution in [3.8, 4) is 11.3 Å². The number of benzene rings is 2. The highest BCUT2D eigenvalue weighted by atomic mass is 32.2. The number of aromatic nitrogens is 4. The Morgan fingerprint density at radius 2 is 1.87 bits per heavy atom. The van der Waals surface area contributed by atoms with E-state index in [-0.39, 0.29) is 5.78 Å². The molecule has 2 aromatic carbocycles. The van der Waals surface area contributed by atoms with Crippen LogP contribution in [0.15, 0.2) is 65.1 Å². The molecule has 0 saturated carbocycles. The van der Waals surface area contributed by atoms with Gasteiger partial charge in [-0.25, -0.2) is 4.98 Å². The van der Waals surface area contributed by atoms with E-state index < -0.39 is 0 Å². The van der Waals surface area contributed by atoms with E-state index in [4.69, 9.17) is 0 Å². The maximum atomic E-state index is 12.4. The van der Waals surface area contributed by atoms with Crippen LogP contribution in [0.25, 0.3) is 11.3 Å². The number of rotatable bonds is 8. The minimum absolute atomic E-state index is 0.0823. The summed E-state index contributed by atoms with van der Waals surface area (Å²) < 4.78 is 1.91. The van der Waals surface area contributed by atoms with Crippen molar-refractivity contribution in [1.29, 1.82) is 0 Å². The second kappa shape index (κ2) is 9.23. The van der Waals surface area contributed by atoms with Gasteiger partial charge in [0.1, 0.15) is 0 Å². The summed E-state index contributed by atoms with van der Waals surface area (Å²) >= 11 is 2.96. The largest absolute Gasteiger partial charge is 0.354 e. The van der Waals surface area contributed by atoms with E-state index in [1.54, 1.807) is 11.3 Å². The number of hydrogen-bond acceptors (Lipinski definition) is 7. The van der Waals surface area contributed by atoms with Gasteiger partial charge in [-0.2, -0.15) is 0 Å². The van der Waals surface area contributed by atoms with Crippen LogP contribution in [0, 0.1) is 6.92 Å². The number of carbonyl (C=O) groups excluding carboxylic acids is 1. The molecule has 8 heteroatoms. The van der Waals surface area contributed by atoms with Crippen molar-refractivity contribution in [3.63, 3.8) is 0 Å². The first-order valence-corrected chi connectivity index (χ1v) is 11.3. The Kier molecular flexibility index (Phi) is 6.25. The standard InChI is InChI=1S/C22H21N5OS2/c1-15-8-10-17(11-9-15)19(28)14-30-22-26-25-20(27(22)2)12-23-21-24-18(13-29-21)16-6-4-3-5-7-16/h3-11,13H,12,14H2,1-2H3,(H,23,24). The zero-order chi connectivity index (χ0) is 20.9. The molecule has 0 aliphatic heterocycles. The van der Waals surface area contributed by atoms with Crippen molar-refractivity contribution < 1.29 is 4.79 Å². The number of anilines is 1. The van der Waals surface area contributed by atoms with Crippen LogP contribution in [0.3, 0.4) is 0 Å². The number of ketones is 1. The van der Waals surface area contributed by atoms with Crippen molar-refractivity contribution in [3.05, 3.63) is 76.9 Å². The maximum absolute atomic E-state index is 12.4. The summed E-state index contributed by atoms with van der Waals surface area (Å²) in [4.78, 5) is 17.0. The van der Waals surface area contributed by atoms with Crippen LogP contribution in [0.4, 0.5) is 5.13 Å². The van der Waals surface area contributed by atoms with Gasteiger partial charge in [0.05, 0.1) is 18.0 Å². The van der Waals surface area contributed by atoms with Crippen LogP contribution in [0.2, 0.25) is 0 Å². The number of nitrogens with zero attached hydrogens (tertiary/aromatic N) is 4. The molecule has 4 rings (SSSR count). The first kappa shape index (κ1) is 20.3. The number of aryl methyl sites for hydroxylation is 1. The van der Waals surface area contributed by atoms with Gasteiger partial charge < -0.3 is 9.88 Å². The molecule has 4 aromatic rings. The molecule has 0 amide bonds. The first-order chi connectivity index (χ1) is 14.6. The van der Waals surface area contributed by atoms with Crippen LogP contribution in [0.1, 0.15) is 21.7 Å². The normalized spacial score (nSPS) is 10.9. The summed E-state index contributed by atoms with van der Waals surface area (Å²) in [6.07, 6.45) is 0. The van der Waals surface area contributed by atoms with Crippen LogP contribution in [-0.4, -0.2) is 31.3 Å². The highest BCUT2D eigenvalue weighted by Gasteiger charge is 2.13. The number of Topliss-reactive ketones (excluding diaryl/α,β-unsaturated/α-hetero) is 1. The number of thioether (sulfide) groups is 1. The van der Waals surface area contributed by atoms with E-state index in [9.17, 15) is 4.79 Å². The summed E-state index contributed by atoms with van der Waals surface area (Å²) in [5.74, 6) is 1.20. The molecular formula is C22H21N5OS2. The van der Waals surface area contributed by atoms with E-state index >= 15 is 0 Å². The lowest BCUT2D eigenvalue weighted by molar-refractivity contribution is 0.102. The third kappa shape index (κ3) is 4.77. The fourth-order valence-corrected chi connectivity index (χ4v) is 4.37. The van der Waals surface area contributed by atoms with E-state index in [1.807, 2.05) is 78.5 Å². The molecule has 0 unspecified atom stereocenters. The Morgan fingerprint density at radius 3 is 2.63 bits per heavy atom. The predicted molar refractivity (Wildman–Crippen MR) is 122 cm³/mol. The molecule has 1 N–H and O–H groups in total. The van der Waals surface area contributed by atoms with Gasteiger partial charge in [0, 0.05) is 23.6 Å². The monoisotopic (exact) mass is 435 g/mol. The van der Waals surface area contributed by atoms with Gasteiger partial charge in [0.25, 0.3) is 0 Å². The summed E-state index contributed by atoms with van der Waals surface area (Å²) in [6.45, 7) is 2.52. The number of thiazole rings is 1. The fraction of sp³-hybridized carbons (Fsp3) is 0.182. The zero-order valence-corrected chi connectivity index (χ0v) is 18.3. The SMILES string of the molecule is Cc1ccc(C(=O)CSc2nnc(CNc3nc(-c4ccccc4)cs3)n2C)cc1. The summed E-state index contributed by atoms with van der Waals surface area (Å²) in [5.41, 5.74) is 3.90. The minimum atomic E-state index is 0.0823. The molecule has 2 aromatic heterocycles. The predicted octanol–water partition coefficient (Wildman–Crippen LogP) is 4.83. The van der Waals surface area contributed by atoms with Crippen LogP contribution in [-0.2, 0) is 13.6 Å². The Balaban J connectivity index is 1.34. The van der Waals surface area contributed by atoms with E-state index in [2.05, 4.69) is 20.5 Å². The molecule has 0 aliphatic carbocycles. The smallest absolute Gasteiger partial charge is 0.191 e. The third-order valence-corrected chi connectivity index (χ3v) is 6.42. The molecular weight excluding hydrogens is 414 g/mol. The Hall–Kier alpha value is -2.97. The molecule has 0 saturated heterocycles. The van der Waals surface area contributed by atoms with Crippen LogP contribution >= 0.6 is 23.1 Å². The van der Waals surface area contributed by atoms with Crippen molar-refractivity contribution in [2.24, 2.45) is 7.05 Å². The van der Waals surface area contributed by atoms with Gasteiger partial charge in [-0.1, -0.05) is 71.9 Å². The molecule has 0 atom stereocenters. The molecule has 6 nitrogen and oxygen atoms in total. The third-order valence-electron chi connectivity index (χ3n) is 4.60. The van der Waals surface area contributed by atoms with Gasteiger partial charge >= 0.3 is 0 Å². The van der Waals surface area contributed by atoms with E-state index in [1.165, 1.54) is 11.8 Å². The molecule has 152 valence electrons. The number of carbonyl (C=O) groups is 1. The molecule has 2 heterocycles. The van der Waals surface area contributed by atoms with Gasteiger partial charge in [0.15, 0.2) is 21.9 Å². The average Bonchev–Trinajstić information content (AvgIpc) is 3.38. The summed E-state index contributed by atoms with van der Waals surface area (Å²) in [7, 11) is 1.91. The van der Waals surface area contributed by atoms with Crippen molar-refractivity contribution in [2.75, 3.05) is 11.1 Å². The summed E-state index contributed by atoms with van der Waals surface area (Å²) in [6, 6.07) is 17.7. The van der Waals surface area contributed by atoms with Crippen LogP contribution in [0.5, 0.6) is 0 Å². The molecule has 0 bridgehead atoms. The topological polar surface area (TPSA) is 72.7 Å². The lowest BCUT2D eigenvalue weighted by atomic mass is 10.1. The molecule has 0 fully saturated rings. The average molecular weight is 436 g/mol. The second-order valence-corrected chi connectivity index (χ2v) is 8.59. The minimum Gasteiger partial charge on any atom is -0.354 e. The Morgan fingerprint density at radius 1 is 1.10 bits per heavy atom. The molecule has 0 spiro atoms. The Bertz CT molecular complexity index is 1140.